The topological polar surface area (TPSA) is 79.6 Å². The number of nitrogens with zero attached hydrogens (tertiary/aromatic N) is 2. The van der Waals surface area contributed by atoms with Gasteiger partial charge in [0.2, 0.25) is 0 Å². The maximum atomic E-state index is 12.4. The second kappa shape index (κ2) is 9.83. The average molecular weight is 487 g/mol. The van der Waals surface area contributed by atoms with E-state index in [1.54, 1.807) is 37.3 Å². The Balaban J connectivity index is 1.89. The van der Waals surface area contributed by atoms with Gasteiger partial charge in [-0.1, -0.05) is 34.1 Å². The third-order valence-corrected chi connectivity index (χ3v) is 5.95. The molecule has 8 heteroatoms. The zero-order valence-corrected chi connectivity index (χ0v) is 18.9. The number of carbonyl (C=O) groups excluding carboxylic acids is 2. The molecule has 2 amide bonds. The smallest absolute Gasteiger partial charge is 0.293 e. The van der Waals surface area contributed by atoms with Crippen LogP contribution in [-0.2, 0) is 11.4 Å². The molecule has 1 fully saturated rings. The summed E-state index contributed by atoms with van der Waals surface area (Å²) in [6, 6.07) is 12.9. The van der Waals surface area contributed by atoms with Gasteiger partial charge in [0.15, 0.2) is 11.5 Å². The quantitative estimate of drug-likeness (QED) is 0.490. The summed E-state index contributed by atoms with van der Waals surface area (Å²) >= 11 is 4.43. The summed E-state index contributed by atoms with van der Waals surface area (Å²) in [5.41, 5.74) is 2.03. The molecule has 0 aromatic heterocycles. The second-order valence-electron chi connectivity index (χ2n) is 6.24. The lowest BCUT2D eigenvalue weighted by Crippen LogP contribution is -2.27. The van der Waals surface area contributed by atoms with Gasteiger partial charge in [-0.3, -0.25) is 14.5 Å². The van der Waals surface area contributed by atoms with Crippen molar-refractivity contribution in [3.8, 4) is 17.6 Å². The van der Waals surface area contributed by atoms with E-state index in [1.165, 1.54) is 4.90 Å². The summed E-state index contributed by atoms with van der Waals surface area (Å²) in [6.07, 6.45) is 1.67. The number of nitriles is 1. The Kier molecular flexibility index (Phi) is 7.19. The van der Waals surface area contributed by atoms with Crippen molar-refractivity contribution in [2.24, 2.45) is 0 Å². The van der Waals surface area contributed by atoms with Crippen LogP contribution in [0, 0.1) is 11.3 Å². The van der Waals surface area contributed by atoms with E-state index in [0.29, 0.717) is 45.2 Å². The summed E-state index contributed by atoms with van der Waals surface area (Å²) in [7, 11) is 0. The summed E-state index contributed by atoms with van der Waals surface area (Å²) in [6.45, 7) is 4.61. The first-order chi connectivity index (χ1) is 14.5. The van der Waals surface area contributed by atoms with Crippen molar-refractivity contribution in [2.75, 3.05) is 13.2 Å². The maximum Gasteiger partial charge on any atom is 0.293 e. The Morgan fingerprint density at radius 3 is 2.57 bits per heavy atom. The first kappa shape index (κ1) is 21.9. The van der Waals surface area contributed by atoms with E-state index in [-0.39, 0.29) is 17.8 Å². The van der Waals surface area contributed by atoms with Gasteiger partial charge in [-0.25, -0.2) is 0 Å². The molecule has 0 bridgehead atoms. The number of hydrogen-bond donors (Lipinski definition) is 0. The highest BCUT2D eigenvalue weighted by Crippen LogP contribution is 2.38. The largest absolute Gasteiger partial charge is 0.490 e. The highest BCUT2D eigenvalue weighted by molar-refractivity contribution is 9.10. The molecule has 1 saturated heterocycles. The van der Waals surface area contributed by atoms with Crippen LogP contribution in [-0.4, -0.2) is 29.2 Å². The number of halogens is 1. The zero-order chi connectivity index (χ0) is 21.7. The van der Waals surface area contributed by atoms with Crippen molar-refractivity contribution < 1.29 is 19.1 Å². The van der Waals surface area contributed by atoms with Crippen LogP contribution in [0.5, 0.6) is 11.5 Å². The molecule has 2 aromatic carbocycles. The first-order valence-corrected chi connectivity index (χ1v) is 10.9. The van der Waals surface area contributed by atoms with Crippen LogP contribution >= 0.6 is 27.7 Å². The molecule has 2 aromatic rings. The van der Waals surface area contributed by atoms with E-state index in [2.05, 4.69) is 22.0 Å². The van der Waals surface area contributed by atoms with Crippen LogP contribution in [0.25, 0.3) is 6.08 Å². The molecule has 154 valence electrons. The lowest BCUT2D eigenvalue weighted by Gasteiger charge is -2.14. The molecule has 30 heavy (non-hydrogen) atoms. The molecule has 0 atom stereocenters. The fraction of sp³-hybridized carbons (Fsp3) is 0.227. The zero-order valence-electron chi connectivity index (χ0n) is 16.5. The molecule has 0 N–H and O–H groups in total. The van der Waals surface area contributed by atoms with Gasteiger partial charge in [-0.05, 0) is 55.4 Å². The van der Waals surface area contributed by atoms with Gasteiger partial charge in [0.25, 0.3) is 11.1 Å². The molecule has 3 rings (SSSR count). The number of hydrogen-bond acceptors (Lipinski definition) is 6. The first-order valence-electron chi connectivity index (χ1n) is 9.31. The number of benzene rings is 2. The molecule has 0 radical (unpaired) electrons. The van der Waals surface area contributed by atoms with Crippen molar-refractivity contribution in [1.29, 1.82) is 5.26 Å². The van der Waals surface area contributed by atoms with Crippen LogP contribution in [0.15, 0.2) is 45.8 Å². The van der Waals surface area contributed by atoms with Crippen molar-refractivity contribution in [1.82, 2.24) is 4.90 Å². The minimum absolute atomic E-state index is 0.213. The molecule has 1 aliphatic rings. The van der Waals surface area contributed by atoms with E-state index < -0.39 is 0 Å². The van der Waals surface area contributed by atoms with E-state index >= 15 is 0 Å². The number of thioether (sulfide) groups is 1. The second-order valence-corrected chi connectivity index (χ2v) is 8.08. The van der Waals surface area contributed by atoms with Gasteiger partial charge in [0.1, 0.15) is 6.61 Å². The van der Waals surface area contributed by atoms with Gasteiger partial charge in [-0.2, -0.15) is 5.26 Å². The number of rotatable bonds is 7. The third kappa shape index (κ3) is 4.69. The monoisotopic (exact) mass is 486 g/mol. The number of imide groups is 1. The van der Waals surface area contributed by atoms with E-state index in [0.717, 1.165) is 17.3 Å². The molecule has 0 saturated carbocycles. The van der Waals surface area contributed by atoms with Crippen LogP contribution in [0.1, 0.15) is 30.5 Å². The van der Waals surface area contributed by atoms with Crippen LogP contribution in [0.3, 0.4) is 0 Å². The standard InChI is InChI=1S/C22H19BrN2O4S/c1-3-25-21(26)20(30-22(25)27)10-16-9-18(28-4-2)19(11-17(16)23)29-13-15-8-6-5-7-14(15)12-24/h5-11H,3-4,13H2,1-2H3/b20-10+. The highest BCUT2D eigenvalue weighted by Gasteiger charge is 2.33. The Morgan fingerprint density at radius 2 is 1.90 bits per heavy atom. The van der Waals surface area contributed by atoms with Gasteiger partial charge in [0.05, 0.1) is 23.1 Å². The van der Waals surface area contributed by atoms with Crippen LogP contribution in [0.2, 0.25) is 0 Å². The van der Waals surface area contributed by atoms with Crippen molar-refractivity contribution in [3.05, 3.63) is 62.5 Å². The third-order valence-electron chi connectivity index (χ3n) is 4.36. The Morgan fingerprint density at radius 1 is 1.17 bits per heavy atom. The lowest BCUT2D eigenvalue weighted by molar-refractivity contribution is -0.122. The fourth-order valence-electron chi connectivity index (χ4n) is 2.87. The number of amides is 2. The SMILES string of the molecule is CCOc1cc(/C=C2/SC(=O)N(CC)C2=O)c(Br)cc1OCc1ccccc1C#N. The van der Waals surface area contributed by atoms with Gasteiger partial charge in [0, 0.05) is 16.6 Å². The maximum absolute atomic E-state index is 12.4. The molecule has 6 nitrogen and oxygen atoms in total. The van der Waals surface area contributed by atoms with Crippen molar-refractivity contribution >= 4 is 44.9 Å². The minimum atomic E-state index is -0.300. The number of carbonyl (C=O) groups is 2. The van der Waals surface area contributed by atoms with Gasteiger partial charge < -0.3 is 9.47 Å². The predicted octanol–water partition coefficient (Wildman–Crippen LogP) is 5.35. The van der Waals surface area contributed by atoms with Gasteiger partial charge >= 0.3 is 0 Å². The van der Waals surface area contributed by atoms with Crippen molar-refractivity contribution in [3.63, 3.8) is 0 Å². The molecule has 1 aliphatic heterocycles. The predicted molar refractivity (Wildman–Crippen MR) is 119 cm³/mol. The molecular formula is C22H19BrN2O4S. The van der Waals surface area contributed by atoms with Crippen LogP contribution < -0.4 is 9.47 Å². The molecule has 0 spiro atoms. The Labute approximate surface area is 187 Å². The van der Waals surface area contributed by atoms with E-state index in [1.807, 2.05) is 19.1 Å². The molecule has 0 aliphatic carbocycles. The Hall–Kier alpha value is -2.76. The fourth-order valence-corrected chi connectivity index (χ4v) is 4.20. The lowest BCUT2D eigenvalue weighted by atomic mass is 10.1. The summed E-state index contributed by atoms with van der Waals surface area (Å²) in [5, 5.41) is 8.97. The molecule has 1 heterocycles. The molecule has 0 unspecified atom stereocenters. The number of likely N-dealkylation sites (N-methyl/N-ethyl adjacent to an activating group) is 1. The number of ether oxygens (including phenoxy) is 2. The van der Waals surface area contributed by atoms with Crippen LogP contribution in [0.4, 0.5) is 4.79 Å². The summed E-state index contributed by atoms with van der Waals surface area (Å²) in [5.74, 6) is 0.720. The summed E-state index contributed by atoms with van der Waals surface area (Å²) in [4.78, 5) is 25.9. The summed E-state index contributed by atoms with van der Waals surface area (Å²) < 4.78 is 12.4. The normalized spacial score (nSPS) is 14.9. The Bertz CT molecular complexity index is 1060. The average Bonchev–Trinajstić information content (AvgIpc) is 3.01. The highest BCUT2D eigenvalue weighted by atomic mass is 79.9. The van der Waals surface area contributed by atoms with E-state index in [9.17, 15) is 14.9 Å². The molecular weight excluding hydrogens is 468 g/mol. The van der Waals surface area contributed by atoms with E-state index in [4.69, 9.17) is 9.47 Å². The van der Waals surface area contributed by atoms with Gasteiger partial charge in [-0.15, -0.1) is 0 Å². The van der Waals surface area contributed by atoms with Crippen molar-refractivity contribution in [2.45, 2.75) is 20.5 Å². The minimum Gasteiger partial charge on any atom is -0.490 e.